The van der Waals surface area contributed by atoms with Crippen molar-refractivity contribution in [2.45, 2.75) is 0 Å². The molecule has 7 heteroatoms. The normalized spacial score (nSPS) is 10.9. The summed E-state index contributed by atoms with van der Waals surface area (Å²) in [4.78, 5) is 17.3. The number of hydrogen-bond donors (Lipinski definition) is 1. The van der Waals surface area contributed by atoms with Gasteiger partial charge in [-0.15, -0.1) is 16.4 Å². The maximum atomic E-state index is 12.2. The van der Waals surface area contributed by atoms with Crippen LogP contribution in [0.4, 0.5) is 5.95 Å². The van der Waals surface area contributed by atoms with Crippen molar-refractivity contribution in [1.29, 1.82) is 0 Å². The zero-order chi connectivity index (χ0) is 16.5. The second-order valence-electron chi connectivity index (χ2n) is 5.08. The average Bonchev–Trinajstić information content (AvgIpc) is 3.16. The molecule has 0 atom stereocenters. The van der Waals surface area contributed by atoms with Crippen molar-refractivity contribution in [2.24, 2.45) is 0 Å². The standard InChI is InChI=1S/C17H11ClN4OS/c18-13-8-6-11(7-9-13)14-10-24-17-20-16(21-22(14)17)19-15(23)12-4-2-1-3-5-12/h1-10H,(H,19,21,23). The molecule has 4 rings (SSSR count). The number of halogens is 1. The minimum Gasteiger partial charge on any atom is -0.289 e. The van der Waals surface area contributed by atoms with Crippen LogP contribution in [0.25, 0.3) is 16.2 Å². The van der Waals surface area contributed by atoms with Gasteiger partial charge in [-0.3, -0.25) is 10.1 Å². The molecule has 2 aromatic carbocycles. The predicted octanol–water partition coefficient (Wildman–Crippen LogP) is 4.36. The van der Waals surface area contributed by atoms with Gasteiger partial charge in [0.1, 0.15) is 0 Å². The topological polar surface area (TPSA) is 59.3 Å². The zero-order valence-electron chi connectivity index (χ0n) is 12.3. The Kier molecular flexibility index (Phi) is 3.76. The summed E-state index contributed by atoms with van der Waals surface area (Å²) in [6.07, 6.45) is 0. The summed E-state index contributed by atoms with van der Waals surface area (Å²) in [7, 11) is 0. The second-order valence-corrected chi connectivity index (χ2v) is 6.35. The molecule has 2 heterocycles. The Bertz CT molecular complexity index is 1010. The van der Waals surface area contributed by atoms with Crippen molar-refractivity contribution in [2.75, 3.05) is 5.32 Å². The first-order valence-electron chi connectivity index (χ1n) is 7.17. The van der Waals surface area contributed by atoms with E-state index >= 15 is 0 Å². The van der Waals surface area contributed by atoms with Gasteiger partial charge in [-0.25, -0.2) is 4.52 Å². The second kappa shape index (κ2) is 6.07. The third kappa shape index (κ3) is 2.77. The van der Waals surface area contributed by atoms with Crippen molar-refractivity contribution >= 4 is 39.8 Å². The Morgan fingerprint density at radius 3 is 2.58 bits per heavy atom. The molecule has 5 nitrogen and oxygen atoms in total. The van der Waals surface area contributed by atoms with Gasteiger partial charge in [0.05, 0.1) is 5.69 Å². The van der Waals surface area contributed by atoms with Crippen LogP contribution in [0.2, 0.25) is 5.02 Å². The number of anilines is 1. The first kappa shape index (κ1) is 14.9. The molecule has 1 amide bonds. The highest BCUT2D eigenvalue weighted by Crippen LogP contribution is 2.27. The summed E-state index contributed by atoms with van der Waals surface area (Å²) >= 11 is 7.39. The number of nitrogens with one attached hydrogen (secondary N) is 1. The maximum absolute atomic E-state index is 12.2. The molecule has 2 aromatic heterocycles. The highest BCUT2D eigenvalue weighted by atomic mass is 35.5. The van der Waals surface area contributed by atoms with Crippen molar-refractivity contribution < 1.29 is 4.79 Å². The number of aromatic nitrogens is 3. The van der Waals surface area contributed by atoms with Gasteiger partial charge in [-0.2, -0.15) is 4.98 Å². The molecule has 4 aromatic rings. The van der Waals surface area contributed by atoms with Crippen molar-refractivity contribution in [3.63, 3.8) is 0 Å². The molecule has 118 valence electrons. The zero-order valence-corrected chi connectivity index (χ0v) is 13.9. The molecule has 1 N–H and O–H groups in total. The molecule has 0 radical (unpaired) electrons. The van der Waals surface area contributed by atoms with E-state index in [1.807, 2.05) is 47.8 Å². The van der Waals surface area contributed by atoms with Gasteiger partial charge in [0.2, 0.25) is 4.96 Å². The molecule has 0 bridgehead atoms. The summed E-state index contributed by atoms with van der Waals surface area (Å²) in [5.41, 5.74) is 2.45. The third-order valence-corrected chi connectivity index (χ3v) is 4.55. The van der Waals surface area contributed by atoms with E-state index < -0.39 is 0 Å². The summed E-state index contributed by atoms with van der Waals surface area (Å²) in [6.45, 7) is 0. The van der Waals surface area contributed by atoms with Crippen LogP contribution in [-0.4, -0.2) is 20.5 Å². The summed E-state index contributed by atoms with van der Waals surface area (Å²) in [6, 6.07) is 16.5. The van der Waals surface area contributed by atoms with Gasteiger partial charge in [0.15, 0.2) is 0 Å². The monoisotopic (exact) mass is 354 g/mol. The molecule has 0 aliphatic heterocycles. The van der Waals surface area contributed by atoms with E-state index in [0.29, 0.717) is 15.5 Å². The van der Waals surface area contributed by atoms with Crippen LogP contribution in [0.3, 0.4) is 0 Å². The molecule has 24 heavy (non-hydrogen) atoms. The first-order valence-corrected chi connectivity index (χ1v) is 8.43. The van der Waals surface area contributed by atoms with E-state index in [4.69, 9.17) is 11.6 Å². The van der Waals surface area contributed by atoms with Crippen LogP contribution >= 0.6 is 22.9 Å². The summed E-state index contributed by atoms with van der Waals surface area (Å²) in [5, 5.41) is 9.77. The van der Waals surface area contributed by atoms with Gasteiger partial charge in [-0.05, 0) is 24.3 Å². The van der Waals surface area contributed by atoms with E-state index in [9.17, 15) is 4.79 Å². The Balaban J connectivity index is 1.65. The van der Waals surface area contributed by atoms with Crippen LogP contribution in [0, 0.1) is 0 Å². The fraction of sp³-hybridized carbons (Fsp3) is 0. The predicted molar refractivity (Wildman–Crippen MR) is 95.7 cm³/mol. The largest absolute Gasteiger partial charge is 0.289 e. The molecule has 0 saturated carbocycles. The fourth-order valence-corrected chi connectivity index (χ4v) is 3.27. The lowest BCUT2D eigenvalue weighted by Crippen LogP contribution is -2.12. The molecule has 0 unspecified atom stereocenters. The average molecular weight is 355 g/mol. The van der Waals surface area contributed by atoms with E-state index in [1.54, 1.807) is 16.6 Å². The quantitative estimate of drug-likeness (QED) is 0.594. The molecule has 0 aliphatic rings. The Labute approximate surface area is 146 Å². The van der Waals surface area contributed by atoms with Crippen molar-refractivity contribution in [3.8, 4) is 11.3 Å². The number of rotatable bonds is 3. The lowest BCUT2D eigenvalue weighted by molar-refractivity contribution is 0.102. The van der Waals surface area contributed by atoms with E-state index in [0.717, 1.165) is 11.3 Å². The van der Waals surface area contributed by atoms with Gasteiger partial charge in [0.25, 0.3) is 11.9 Å². The Morgan fingerprint density at radius 1 is 1.08 bits per heavy atom. The van der Waals surface area contributed by atoms with Gasteiger partial charge in [-0.1, -0.05) is 41.9 Å². The van der Waals surface area contributed by atoms with Gasteiger partial charge in [0, 0.05) is 21.5 Å². The number of carbonyl (C=O) groups excluding carboxylic acids is 1. The number of fused-ring (bicyclic) bond motifs is 1. The van der Waals surface area contributed by atoms with Crippen LogP contribution in [-0.2, 0) is 0 Å². The number of nitrogens with zero attached hydrogens (tertiary/aromatic N) is 3. The number of hydrogen-bond acceptors (Lipinski definition) is 4. The molecular formula is C17H11ClN4OS. The highest BCUT2D eigenvalue weighted by molar-refractivity contribution is 7.15. The van der Waals surface area contributed by atoms with Crippen LogP contribution in [0.15, 0.2) is 60.0 Å². The minimum absolute atomic E-state index is 0.234. The fourth-order valence-electron chi connectivity index (χ4n) is 2.32. The number of amides is 1. The van der Waals surface area contributed by atoms with Crippen LogP contribution in [0.1, 0.15) is 10.4 Å². The number of carbonyl (C=O) groups is 1. The molecule has 0 aliphatic carbocycles. The van der Waals surface area contributed by atoms with Gasteiger partial charge >= 0.3 is 0 Å². The SMILES string of the molecule is O=C(Nc1nc2scc(-c3ccc(Cl)cc3)n2n1)c1ccccc1. The van der Waals surface area contributed by atoms with Crippen LogP contribution in [0.5, 0.6) is 0 Å². The Hall–Kier alpha value is -2.70. The highest BCUT2D eigenvalue weighted by Gasteiger charge is 2.14. The van der Waals surface area contributed by atoms with Crippen molar-refractivity contribution in [3.05, 3.63) is 70.6 Å². The van der Waals surface area contributed by atoms with Gasteiger partial charge < -0.3 is 0 Å². The lowest BCUT2D eigenvalue weighted by atomic mass is 10.2. The number of benzene rings is 2. The first-order chi connectivity index (χ1) is 11.7. The Morgan fingerprint density at radius 2 is 1.83 bits per heavy atom. The smallest absolute Gasteiger partial charge is 0.258 e. The summed E-state index contributed by atoms with van der Waals surface area (Å²) < 4.78 is 1.72. The molecule has 0 saturated heterocycles. The van der Waals surface area contributed by atoms with E-state index in [2.05, 4.69) is 15.4 Å². The van der Waals surface area contributed by atoms with E-state index in [1.165, 1.54) is 11.3 Å². The maximum Gasteiger partial charge on any atom is 0.258 e. The molecular weight excluding hydrogens is 344 g/mol. The lowest BCUT2D eigenvalue weighted by Gasteiger charge is -2.00. The molecule has 0 fully saturated rings. The van der Waals surface area contributed by atoms with E-state index in [-0.39, 0.29) is 11.9 Å². The van der Waals surface area contributed by atoms with Crippen LogP contribution < -0.4 is 5.32 Å². The summed E-state index contributed by atoms with van der Waals surface area (Å²) in [5.74, 6) is 0.0489. The third-order valence-electron chi connectivity index (χ3n) is 3.48. The van der Waals surface area contributed by atoms with Crippen molar-refractivity contribution in [1.82, 2.24) is 14.6 Å². The molecule has 0 spiro atoms. The number of thiazole rings is 1. The minimum atomic E-state index is -0.234.